The third kappa shape index (κ3) is 4.60. The highest BCUT2D eigenvalue weighted by molar-refractivity contribution is 5.70. The topological polar surface area (TPSA) is 82.0 Å². The molecule has 4 bridgehead atoms. The van der Waals surface area contributed by atoms with Crippen LogP contribution < -0.4 is 5.32 Å². The van der Waals surface area contributed by atoms with Gasteiger partial charge in [0.25, 0.3) is 0 Å². The second-order valence-electron chi connectivity index (χ2n) is 10.3. The first-order chi connectivity index (χ1) is 12.5. The van der Waals surface area contributed by atoms with E-state index in [4.69, 9.17) is 4.74 Å². The lowest BCUT2D eigenvalue weighted by molar-refractivity contribution is -0.0457. The number of aliphatic hydroxyl groups is 2. The quantitative estimate of drug-likeness (QED) is 0.650. The van der Waals surface area contributed by atoms with Crippen LogP contribution in [0, 0.1) is 5.92 Å². The van der Waals surface area contributed by atoms with Gasteiger partial charge in [-0.25, -0.2) is 4.79 Å². The fourth-order valence-corrected chi connectivity index (χ4v) is 5.19. The molecule has 4 aliphatic rings. The van der Waals surface area contributed by atoms with E-state index in [0.717, 1.165) is 25.7 Å². The lowest BCUT2D eigenvalue weighted by atomic mass is 9.79. The highest BCUT2D eigenvalue weighted by atomic mass is 16.6. The van der Waals surface area contributed by atoms with Gasteiger partial charge in [0.1, 0.15) is 5.60 Å². The second kappa shape index (κ2) is 7.53. The zero-order valence-electron chi connectivity index (χ0n) is 17.6. The number of nitrogens with one attached hydrogen (secondary N) is 1. The number of hydrogen-bond donors (Lipinski definition) is 3. The lowest BCUT2D eigenvalue weighted by Crippen LogP contribution is -2.51. The summed E-state index contributed by atoms with van der Waals surface area (Å²) in [5, 5.41) is 23.5. The SMILES string of the molecule is CC(C)(C)OC(=O)N1[C@H]2CC[C@@H]1[C@H](O)C2.CC(C)C1(O)C[C@H]2CC[C@@H](C1)N2. The number of hydrogen-bond acceptors (Lipinski definition) is 5. The van der Waals surface area contributed by atoms with Crippen molar-refractivity contribution in [1.82, 2.24) is 10.2 Å². The van der Waals surface area contributed by atoms with Crippen molar-refractivity contribution in [2.45, 2.75) is 121 Å². The molecular weight excluding hydrogens is 344 g/mol. The molecule has 0 aliphatic carbocycles. The summed E-state index contributed by atoms with van der Waals surface area (Å²) in [6.07, 6.45) is 6.44. The van der Waals surface area contributed by atoms with Crippen molar-refractivity contribution in [3.05, 3.63) is 0 Å². The van der Waals surface area contributed by atoms with Crippen molar-refractivity contribution < 1.29 is 19.7 Å². The van der Waals surface area contributed by atoms with E-state index in [1.165, 1.54) is 12.8 Å². The van der Waals surface area contributed by atoms with Crippen LogP contribution in [-0.4, -0.2) is 62.7 Å². The molecule has 156 valence electrons. The number of aliphatic hydroxyl groups excluding tert-OH is 1. The zero-order valence-corrected chi connectivity index (χ0v) is 17.6. The fourth-order valence-electron chi connectivity index (χ4n) is 5.19. The van der Waals surface area contributed by atoms with Gasteiger partial charge in [0.05, 0.1) is 17.7 Å². The average Bonchev–Trinajstić information content (AvgIpc) is 3.18. The van der Waals surface area contributed by atoms with Crippen molar-refractivity contribution in [2.24, 2.45) is 5.92 Å². The Morgan fingerprint density at radius 3 is 2.15 bits per heavy atom. The molecule has 0 saturated carbocycles. The number of amides is 1. The molecule has 4 aliphatic heterocycles. The van der Waals surface area contributed by atoms with Crippen LogP contribution in [0.5, 0.6) is 0 Å². The summed E-state index contributed by atoms with van der Waals surface area (Å²) in [4.78, 5) is 13.6. The van der Waals surface area contributed by atoms with E-state index in [-0.39, 0.29) is 29.9 Å². The zero-order chi connectivity index (χ0) is 20.0. The number of carbonyl (C=O) groups excluding carboxylic acids is 1. The van der Waals surface area contributed by atoms with Gasteiger partial charge in [-0.3, -0.25) is 4.90 Å². The Kier molecular flexibility index (Phi) is 5.82. The molecule has 4 heterocycles. The van der Waals surface area contributed by atoms with Crippen LogP contribution >= 0.6 is 0 Å². The highest BCUT2D eigenvalue weighted by Gasteiger charge is 2.49. The maximum absolute atomic E-state index is 11.9. The molecule has 0 aromatic carbocycles. The lowest BCUT2D eigenvalue weighted by Gasteiger charge is -2.40. The highest BCUT2D eigenvalue weighted by Crippen LogP contribution is 2.39. The monoisotopic (exact) mass is 382 g/mol. The fraction of sp³-hybridized carbons (Fsp3) is 0.952. The van der Waals surface area contributed by atoms with Gasteiger partial charge in [0.2, 0.25) is 0 Å². The van der Waals surface area contributed by atoms with Gasteiger partial charge in [-0.05, 0) is 71.6 Å². The van der Waals surface area contributed by atoms with Crippen molar-refractivity contribution in [3.63, 3.8) is 0 Å². The Labute approximate surface area is 163 Å². The molecule has 1 unspecified atom stereocenters. The molecule has 27 heavy (non-hydrogen) atoms. The Morgan fingerprint density at radius 2 is 1.74 bits per heavy atom. The normalized spacial score (nSPS) is 40.1. The molecule has 6 atom stereocenters. The Bertz CT molecular complexity index is 533. The summed E-state index contributed by atoms with van der Waals surface area (Å²) in [6, 6.07) is 1.37. The summed E-state index contributed by atoms with van der Waals surface area (Å²) in [5.41, 5.74) is -0.832. The van der Waals surface area contributed by atoms with Crippen molar-refractivity contribution >= 4 is 6.09 Å². The summed E-state index contributed by atoms with van der Waals surface area (Å²) in [5.74, 6) is 0.405. The number of carbonyl (C=O) groups is 1. The third-order valence-electron chi connectivity index (χ3n) is 6.72. The van der Waals surface area contributed by atoms with Gasteiger partial charge < -0.3 is 20.3 Å². The van der Waals surface area contributed by atoms with Crippen LogP contribution in [0.4, 0.5) is 4.79 Å². The largest absolute Gasteiger partial charge is 0.444 e. The second-order valence-corrected chi connectivity index (χ2v) is 10.3. The van der Waals surface area contributed by atoms with Gasteiger partial charge in [0.15, 0.2) is 0 Å². The van der Waals surface area contributed by atoms with Gasteiger partial charge >= 0.3 is 6.09 Å². The summed E-state index contributed by atoms with van der Waals surface area (Å²) >= 11 is 0. The van der Waals surface area contributed by atoms with Crippen LogP contribution in [0.3, 0.4) is 0 Å². The van der Waals surface area contributed by atoms with E-state index in [9.17, 15) is 15.0 Å². The average molecular weight is 383 g/mol. The molecule has 1 amide bonds. The van der Waals surface area contributed by atoms with Crippen LogP contribution in [0.15, 0.2) is 0 Å². The van der Waals surface area contributed by atoms with Crippen molar-refractivity contribution in [2.75, 3.05) is 0 Å². The molecule has 0 radical (unpaired) electrons. The van der Waals surface area contributed by atoms with Crippen LogP contribution in [0.2, 0.25) is 0 Å². The van der Waals surface area contributed by atoms with Crippen LogP contribution in [0.1, 0.15) is 79.6 Å². The number of piperidine rings is 1. The van der Waals surface area contributed by atoms with Gasteiger partial charge in [-0.15, -0.1) is 0 Å². The first-order valence-corrected chi connectivity index (χ1v) is 10.7. The van der Waals surface area contributed by atoms with Crippen molar-refractivity contribution in [3.8, 4) is 0 Å². The maximum Gasteiger partial charge on any atom is 0.410 e. The van der Waals surface area contributed by atoms with E-state index in [1.807, 2.05) is 20.8 Å². The minimum atomic E-state index is -0.454. The Hall–Kier alpha value is -0.850. The van der Waals surface area contributed by atoms with E-state index in [2.05, 4.69) is 19.2 Å². The molecule has 6 nitrogen and oxygen atoms in total. The summed E-state index contributed by atoms with van der Waals surface area (Å²) < 4.78 is 5.33. The number of fused-ring (bicyclic) bond motifs is 4. The van der Waals surface area contributed by atoms with Crippen LogP contribution in [-0.2, 0) is 4.74 Å². The number of ether oxygens (including phenoxy) is 1. The number of rotatable bonds is 1. The molecule has 0 spiro atoms. The molecule has 4 saturated heterocycles. The van der Waals surface area contributed by atoms with E-state index >= 15 is 0 Å². The minimum Gasteiger partial charge on any atom is -0.444 e. The summed E-state index contributed by atoms with van der Waals surface area (Å²) in [7, 11) is 0. The standard InChI is InChI=1S/C11H19NO3.C10H19NO/c1-11(2,3)15-10(14)12-7-4-5-8(12)9(13)6-7;1-7(2)10(12)5-8-3-4-9(6-10)11-8/h7-9,13H,4-6H2,1-3H3;7-9,11-12H,3-6H2,1-2H3/t7-,8+,9+;8-,9+,10?/m0./s1. The Morgan fingerprint density at radius 1 is 1.15 bits per heavy atom. The summed E-state index contributed by atoms with van der Waals surface area (Å²) in [6.45, 7) is 9.84. The molecule has 6 heteroatoms. The van der Waals surface area contributed by atoms with Crippen molar-refractivity contribution in [1.29, 1.82) is 0 Å². The van der Waals surface area contributed by atoms with E-state index in [1.54, 1.807) is 4.90 Å². The first-order valence-electron chi connectivity index (χ1n) is 10.7. The Balaban J connectivity index is 0.000000159. The molecule has 4 fully saturated rings. The van der Waals surface area contributed by atoms with E-state index in [0.29, 0.717) is 24.4 Å². The predicted molar refractivity (Wildman–Crippen MR) is 104 cm³/mol. The van der Waals surface area contributed by atoms with Gasteiger partial charge in [-0.1, -0.05) is 13.8 Å². The predicted octanol–water partition coefficient (Wildman–Crippen LogP) is 2.81. The number of nitrogens with zero attached hydrogens (tertiary/aromatic N) is 1. The maximum atomic E-state index is 11.9. The minimum absolute atomic E-state index is 0.00940. The van der Waals surface area contributed by atoms with Crippen LogP contribution in [0.25, 0.3) is 0 Å². The molecule has 4 rings (SSSR count). The molecule has 0 aromatic rings. The van der Waals surface area contributed by atoms with Gasteiger partial charge in [0, 0.05) is 18.1 Å². The van der Waals surface area contributed by atoms with E-state index < -0.39 is 5.60 Å². The molecule has 3 N–H and O–H groups in total. The molecular formula is C21H38N2O4. The first kappa shape index (κ1) is 20.9. The smallest absolute Gasteiger partial charge is 0.410 e. The third-order valence-corrected chi connectivity index (χ3v) is 6.72. The molecule has 0 aromatic heterocycles. The van der Waals surface area contributed by atoms with Gasteiger partial charge in [-0.2, -0.15) is 0 Å².